The first-order chi connectivity index (χ1) is 7.80. The summed E-state index contributed by atoms with van der Waals surface area (Å²) in [7, 11) is 3.74. The summed E-state index contributed by atoms with van der Waals surface area (Å²) in [6.07, 6.45) is 4.42. The van der Waals surface area contributed by atoms with Crippen molar-refractivity contribution >= 4 is 11.8 Å². The van der Waals surface area contributed by atoms with Crippen molar-refractivity contribution in [3.63, 3.8) is 0 Å². The van der Waals surface area contributed by atoms with Gasteiger partial charge in [0.15, 0.2) is 0 Å². The highest BCUT2D eigenvalue weighted by Gasteiger charge is 2.07. The average molecular weight is 239 g/mol. The van der Waals surface area contributed by atoms with E-state index in [1.807, 2.05) is 24.9 Å². The van der Waals surface area contributed by atoms with Crippen LogP contribution in [-0.4, -0.2) is 32.2 Å². The van der Waals surface area contributed by atoms with Crippen LogP contribution in [0.15, 0.2) is 24.3 Å². The van der Waals surface area contributed by atoms with E-state index in [0.717, 1.165) is 12.2 Å². The van der Waals surface area contributed by atoms with Crippen LogP contribution in [0.5, 0.6) is 5.75 Å². The van der Waals surface area contributed by atoms with Crippen LogP contribution in [0.1, 0.15) is 12.0 Å². The molecule has 1 unspecified atom stereocenters. The minimum atomic E-state index is 0.555. The highest BCUT2D eigenvalue weighted by Crippen LogP contribution is 2.15. The van der Waals surface area contributed by atoms with Crippen LogP contribution in [0.3, 0.4) is 0 Å². The van der Waals surface area contributed by atoms with Gasteiger partial charge in [-0.25, -0.2) is 0 Å². The number of hydrogen-bond donors (Lipinski definition) is 1. The molecule has 3 heteroatoms. The maximum Gasteiger partial charge on any atom is 0.119 e. The molecular weight excluding hydrogens is 218 g/mol. The summed E-state index contributed by atoms with van der Waals surface area (Å²) in [6.45, 7) is 0. The van der Waals surface area contributed by atoms with Gasteiger partial charge in [-0.1, -0.05) is 12.1 Å². The second kappa shape index (κ2) is 7.58. The van der Waals surface area contributed by atoms with Gasteiger partial charge in [0.1, 0.15) is 5.75 Å². The molecule has 0 saturated heterocycles. The molecule has 1 rings (SSSR count). The van der Waals surface area contributed by atoms with Crippen LogP contribution >= 0.6 is 11.8 Å². The van der Waals surface area contributed by atoms with E-state index in [9.17, 15) is 0 Å². The van der Waals surface area contributed by atoms with Crippen molar-refractivity contribution in [1.29, 1.82) is 0 Å². The number of methoxy groups -OCH3 is 1. The Labute approximate surface area is 103 Å². The zero-order valence-electron chi connectivity index (χ0n) is 10.3. The number of ether oxygens (including phenoxy) is 1. The molecule has 0 bridgehead atoms. The highest BCUT2D eigenvalue weighted by atomic mass is 32.2. The second-order valence-electron chi connectivity index (χ2n) is 3.82. The summed E-state index contributed by atoms with van der Waals surface area (Å²) in [5, 5.41) is 3.37. The molecule has 90 valence electrons. The van der Waals surface area contributed by atoms with Gasteiger partial charge in [-0.15, -0.1) is 0 Å². The van der Waals surface area contributed by atoms with E-state index in [0.29, 0.717) is 6.04 Å². The van der Waals surface area contributed by atoms with Crippen molar-refractivity contribution < 1.29 is 4.74 Å². The summed E-state index contributed by atoms with van der Waals surface area (Å²) >= 11 is 1.90. The lowest BCUT2D eigenvalue weighted by Crippen LogP contribution is -2.28. The molecule has 1 aromatic rings. The smallest absolute Gasteiger partial charge is 0.119 e. The number of likely N-dealkylation sites (N-methyl/N-ethyl adjacent to an activating group) is 1. The number of benzene rings is 1. The molecule has 0 aromatic heterocycles. The van der Waals surface area contributed by atoms with Gasteiger partial charge in [-0.3, -0.25) is 0 Å². The predicted octanol–water partition coefficient (Wildman–Crippen LogP) is 2.58. The van der Waals surface area contributed by atoms with Gasteiger partial charge in [0, 0.05) is 6.04 Å². The Morgan fingerprint density at radius 2 is 2.25 bits per heavy atom. The van der Waals surface area contributed by atoms with Gasteiger partial charge in [0.25, 0.3) is 0 Å². The van der Waals surface area contributed by atoms with Gasteiger partial charge in [0.2, 0.25) is 0 Å². The minimum absolute atomic E-state index is 0.555. The molecular formula is C13H21NOS. The van der Waals surface area contributed by atoms with Crippen molar-refractivity contribution in [2.45, 2.75) is 18.9 Å². The fourth-order valence-corrected chi connectivity index (χ4v) is 2.21. The Bertz CT molecular complexity index is 304. The van der Waals surface area contributed by atoms with Crippen LogP contribution in [0, 0.1) is 0 Å². The van der Waals surface area contributed by atoms with Crippen molar-refractivity contribution in [1.82, 2.24) is 5.32 Å². The van der Waals surface area contributed by atoms with Gasteiger partial charge in [-0.05, 0) is 49.6 Å². The molecule has 0 aliphatic heterocycles. The number of hydrogen-bond acceptors (Lipinski definition) is 3. The lowest BCUT2D eigenvalue weighted by atomic mass is 10.0. The minimum Gasteiger partial charge on any atom is -0.497 e. The van der Waals surface area contributed by atoms with E-state index in [1.54, 1.807) is 7.11 Å². The Morgan fingerprint density at radius 3 is 2.88 bits per heavy atom. The van der Waals surface area contributed by atoms with E-state index < -0.39 is 0 Å². The van der Waals surface area contributed by atoms with Crippen molar-refractivity contribution in [2.24, 2.45) is 0 Å². The first kappa shape index (κ1) is 13.4. The molecule has 0 fully saturated rings. The van der Waals surface area contributed by atoms with Gasteiger partial charge >= 0.3 is 0 Å². The van der Waals surface area contributed by atoms with Crippen LogP contribution in [0.25, 0.3) is 0 Å². The monoisotopic (exact) mass is 239 g/mol. The van der Waals surface area contributed by atoms with Gasteiger partial charge < -0.3 is 10.1 Å². The molecule has 2 nitrogen and oxygen atoms in total. The molecule has 0 radical (unpaired) electrons. The van der Waals surface area contributed by atoms with Crippen LogP contribution < -0.4 is 10.1 Å². The molecule has 0 amide bonds. The normalized spacial score (nSPS) is 12.4. The summed E-state index contributed by atoms with van der Waals surface area (Å²) in [5.41, 5.74) is 1.33. The third-order valence-electron chi connectivity index (χ3n) is 2.69. The summed E-state index contributed by atoms with van der Waals surface area (Å²) in [5.74, 6) is 2.15. The Hall–Kier alpha value is -0.670. The quantitative estimate of drug-likeness (QED) is 0.790. The van der Waals surface area contributed by atoms with Crippen molar-refractivity contribution in [3.8, 4) is 5.75 Å². The molecule has 0 aliphatic carbocycles. The Kier molecular flexibility index (Phi) is 6.34. The third kappa shape index (κ3) is 4.45. The number of rotatable bonds is 7. The Balaban J connectivity index is 2.55. The Morgan fingerprint density at radius 1 is 1.44 bits per heavy atom. The zero-order valence-corrected chi connectivity index (χ0v) is 11.1. The molecule has 0 spiro atoms. The second-order valence-corrected chi connectivity index (χ2v) is 4.81. The fraction of sp³-hybridized carbons (Fsp3) is 0.538. The predicted molar refractivity (Wildman–Crippen MR) is 72.5 cm³/mol. The molecule has 0 saturated carbocycles. The summed E-state index contributed by atoms with van der Waals surface area (Å²) < 4.78 is 5.23. The van der Waals surface area contributed by atoms with Crippen molar-refractivity contribution in [3.05, 3.63) is 29.8 Å². The molecule has 1 atom stereocenters. The SMILES string of the molecule is CNC(CCSC)Cc1cccc(OC)c1. The maximum absolute atomic E-state index is 5.23. The maximum atomic E-state index is 5.23. The third-order valence-corrected chi connectivity index (χ3v) is 3.34. The summed E-state index contributed by atoms with van der Waals surface area (Å²) in [4.78, 5) is 0. The number of thioether (sulfide) groups is 1. The summed E-state index contributed by atoms with van der Waals surface area (Å²) in [6, 6.07) is 8.87. The van der Waals surface area contributed by atoms with Crippen molar-refractivity contribution in [2.75, 3.05) is 26.2 Å². The van der Waals surface area contributed by atoms with Crippen LogP contribution in [0.2, 0.25) is 0 Å². The van der Waals surface area contributed by atoms with E-state index in [2.05, 4.69) is 29.8 Å². The topological polar surface area (TPSA) is 21.3 Å². The lowest BCUT2D eigenvalue weighted by Gasteiger charge is -2.15. The standard InChI is InChI=1S/C13H21NOS/c1-14-12(7-8-16-3)9-11-5-4-6-13(10-11)15-2/h4-6,10,12,14H,7-9H2,1-3H3. The molecule has 0 heterocycles. The van der Waals surface area contributed by atoms with E-state index in [-0.39, 0.29) is 0 Å². The van der Waals surface area contributed by atoms with Crippen LogP contribution in [-0.2, 0) is 6.42 Å². The van der Waals surface area contributed by atoms with Gasteiger partial charge in [0.05, 0.1) is 7.11 Å². The molecule has 0 aliphatic rings. The zero-order chi connectivity index (χ0) is 11.8. The van der Waals surface area contributed by atoms with E-state index >= 15 is 0 Å². The first-order valence-electron chi connectivity index (χ1n) is 5.59. The lowest BCUT2D eigenvalue weighted by molar-refractivity contribution is 0.414. The first-order valence-corrected chi connectivity index (χ1v) is 6.98. The van der Waals surface area contributed by atoms with E-state index in [4.69, 9.17) is 4.74 Å². The number of nitrogens with one attached hydrogen (secondary N) is 1. The molecule has 1 aromatic carbocycles. The molecule has 1 N–H and O–H groups in total. The fourth-order valence-electron chi connectivity index (χ4n) is 1.69. The molecule has 16 heavy (non-hydrogen) atoms. The van der Waals surface area contributed by atoms with Crippen LogP contribution in [0.4, 0.5) is 0 Å². The largest absolute Gasteiger partial charge is 0.497 e. The van der Waals surface area contributed by atoms with E-state index in [1.165, 1.54) is 17.7 Å². The average Bonchev–Trinajstić information content (AvgIpc) is 2.34. The highest BCUT2D eigenvalue weighted by molar-refractivity contribution is 7.98. The van der Waals surface area contributed by atoms with Gasteiger partial charge in [-0.2, -0.15) is 11.8 Å².